The molecule has 0 aliphatic carbocycles. The zero-order chi connectivity index (χ0) is 35.0. The summed E-state index contributed by atoms with van der Waals surface area (Å²) in [6.07, 6.45) is 0.598. The standard InChI is InChI=1S/C35H46N6O7/c1-20(42)31(44)30(32(47-6)35(2,3)4)41-48-19-29(43)39-28(16-22-18-38-26-14-10-8-12-24(22)26)34(46)40-27(33(45)36-5)15-21-17-37-25-13-9-7-11-23(21)25/h7-14,17-18,20,27-28,31-32,37-38,42,44H,15-16,19H2,1-6H3,(H,36,45)(H,39,43)(H,40,46)/b41-30+/t20?,27-,28-,31?,32?/m0/s1. The zero-order valence-electron chi connectivity index (χ0n) is 28.2. The molecule has 5 atom stereocenters. The number of fused-ring (bicyclic) bond motifs is 2. The van der Waals surface area contributed by atoms with Crippen molar-refractivity contribution in [1.82, 2.24) is 25.9 Å². The highest BCUT2D eigenvalue weighted by molar-refractivity contribution is 5.95. The van der Waals surface area contributed by atoms with E-state index in [0.717, 1.165) is 32.9 Å². The smallest absolute Gasteiger partial charge is 0.261 e. The summed E-state index contributed by atoms with van der Waals surface area (Å²) in [7, 11) is 2.95. The molecule has 0 aliphatic rings. The van der Waals surface area contributed by atoms with Crippen LogP contribution in [0.3, 0.4) is 0 Å². The van der Waals surface area contributed by atoms with Gasteiger partial charge in [-0.15, -0.1) is 0 Å². The molecule has 4 rings (SSSR count). The lowest BCUT2D eigenvalue weighted by atomic mass is 9.83. The fraction of sp³-hybridized carbons (Fsp3) is 0.429. The van der Waals surface area contributed by atoms with Gasteiger partial charge in [0.15, 0.2) is 6.61 Å². The number of aliphatic hydroxyl groups excluding tert-OH is 2. The highest BCUT2D eigenvalue weighted by atomic mass is 16.6. The predicted molar refractivity (Wildman–Crippen MR) is 183 cm³/mol. The topological polar surface area (TPSA) is 190 Å². The van der Waals surface area contributed by atoms with Gasteiger partial charge in [-0.3, -0.25) is 14.4 Å². The van der Waals surface area contributed by atoms with Crippen molar-refractivity contribution in [1.29, 1.82) is 0 Å². The van der Waals surface area contributed by atoms with E-state index in [0.29, 0.717) is 0 Å². The maximum atomic E-state index is 13.9. The Balaban J connectivity index is 1.56. The number of H-pyrrole nitrogens is 2. The van der Waals surface area contributed by atoms with Crippen LogP contribution in [0.4, 0.5) is 0 Å². The van der Waals surface area contributed by atoms with Crippen molar-refractivity contribution in [2.75, 3.05) is 20.8 Å². The van der Waals surface area contributed by atoms with Crippen LogP contribution >= 0.6 is 0 Å². The molecule has 0 saturated carbocycles. The van der Waals surface area contributed by atoms with Crippen LogP contribution in [0.5, 0.6) is 0 Å². The molecule has 2 heterocycles. The predicted octanol–water partition coefficient (Wildman–Crippen LogP) is 2.33. The van der Waals surface area contributed by atoms with E-state index in [1.54, 1.807) is 6.20 Å². The molecule has 13 heteroatoms. The van der Waals surface area contributed by atoms with Crippen molar-refractivity contribution >= 4 is 45.2 Å². The van der Waals surface area contributed by atoms with Gasteiger partial charge < -0.3 is 45.7 Å². The third-order valence-corrected chi connectivity index (χ3v) is 8.15. The zero-order valence-corrected chi connectivity index (χ0v) is 28.2. The van der Waals surface area contributed by atoms with Crippen molar-refractivity contribution in [3.05, 3.63) is 72.1 Å². The maximum Gasteiger partial charge on any atom is 0.261 e. The molecule has 0 bridgehead atoms. The third kappa shape index (κ3) is 8.79. The number of carbonyl (C=O) groups excluding carboxylic acids is 3. The lowest BCUT2D eigenvalue weighted by Gasteiger charge is -2.32. The van der Waals surface area contributed by atoms with E-state index in [2.05, 4.69) is 31.1 Å². The Hall–Kier alpha value is -4.72. The number of benzene rings is 2. The van der Waals surface area contributed by atoms with E-state index in [9.17, 15) is 24.6 Å². The first-order valence-electron chi connectivity index (χ1n) is 15.8. The number of nitrogens with zero attached hydrogens (tertiary/aromatic N) is 1. The number of para-hydroxylation sites is 2. The van der Waals surface area contributed by atoms with Gasteiger partial charge in [-0.2, -0.15) is 0 Å². The fourth-order valence-electron chi connectivity index (χ4n) is 5.73. The minimum atomic E-state index is -1.41. The second kappa shape index (κ2) is 15.9. The molecule has 0 spiro atoms. The lowest BCUT2D eigenvalue weighted by Crippen LogP contribution is -2.55. The summed E-state index contributed by atoms with van der Waals surface area (Å²) in [5.74, 6) is -1.62. The molecule has 2 aromatic carbocycles. The van der Waals surface area contributed by atoms with Gasteiger partial charge in [0.1, 0.15) is 30.0 Å². The van der Waals surface area contributed by atoms with Crippen LogP contribution < -0.4 is 16.0 Å². The summed E-state index contributed by atoms with van der Waals surface area (Å²) >= 11 is 0. The molecule has 4 aromatic rings. The quantitative estimate of drug-likeness (QED) is 0.0751. The minimum absolute atomic E-state index is 0.0200. The van der Waals surface area contributed by atoms with Gasteiger partial charge in [0.25, 0.3) is 5.91 Å². The minimum Gasteiger partial charge on any atom is -0.390 e. The fourth-order valence-corrected chi connectivity index (χ4v) is 5.73. The molecular weight excluding hydrogens is 616 g/mol. The van der Waals surface area contributed by atoms with Crippen LogP contribution in [0.2, 0.25) is 0 Å². The third-order valence-electron chi connectivity index (χ3n) is 8.15. The number of likely N-dealkylation sites (N-methyl/N-ethyl adjacent to an activating group) is 1. The second-order valence-electron chi connectivity index (χ2n) is 12.9. The molecule has 3 unspecified atom stereocenters. The SMILES string of the molecule is CNC(=O)[C@H](Cc1c[nH]c2ccccc12)NC(=O)[C@H](Cc1c[nH]c2ccccc12)NC(=O)CO/N=C(\C(O)C(C)O)C(OC)C(C)(C)C. The number of aromatic nitrogens is 2. The van der Waals surface area contributed by atoms with Gasteiger partial charge in [-0.25, -0.2) is 0 Å². The number of rotatable bonds is 15. The van der Waals surface area contributed by atoms with E-state index < -0.39 is 54.2 Å². The Morgan fingerprint density at radius 3 is 1.85 bits per heavy atom. The summed E-state index contributed by atoms with van der Waals surface area (Å²) < 4.78 is 5.55. The first kappa shape index (κ1) is 36.1. The Morgan fingerprint density at radius 1 is 0.854 bits per heavy atom. The van der Waals surface area contributed by atoms with Crippen molar-refractivity contribution in [3.8, 4) is 0 Å². The molecule has 7 N–H and O–H groups in total. The highest BCUT2D eigenvalue weighted by Gasteiger charge is 2.36. The Kier molecular flexibility index (Phi) is 12.0. The number of amides is 3. The summed E-state index contributed by atoms with van der Waals surface area (Å²) in [6.45, 7) is 6.42. The van der Waals surface area contributed by atoms with Crippen LogP contribution in [0, 0.1) is 5.41 Å². The molecule has 258 valence electrons. The van der Waals surface area contributed by atoms with Gasteiger partial charge in [0.2, 0.25) is 11.8 Å². The Labute approximate surface area is 279 Å². The van der Waals surface area contributed by atoms with Gasteiger partial charge in [0.05, 0.1) is 6.10 Å². The summed E-state index contributed by atoms with van der Waals surface area (Å²) in [4.78, 5) is 51.8. The molecule has 2 aromatic heterocycles. The van der Waals surface area contributed by atoms with E-state index in [1.165, 1.54) is 21.1 Å². The second-order valence-corrected chi connectivity index (χ2v) is 12.9. The molecule has 0 saturated heterocycles. The first-order valence-corrected chi connectivity index (χ1v) is 15.8. The number of carbonyl (C=O) groups is 3. The van der Waals surface area contributed by atoms with Gasteiger partial charge in [-0.05, 0) is 35.6 Å². The number of aliphatic hydroxyl groups is 2. The molecule has 0 aliphatic heterocycles. The number of hydrogen-bond acceptors (Lipinski definition) is 8. The summed E-state index contributed by atoms with van der Waals surface area (Å²) in [5.41, 5.74) is 2.91. The average molecular weight is 663 g/mol. The highest BCUT2D eigenvalue weighted by Crippen LogP contribution is 2.25. The van der Waals surface area contributed by atoms with E-state index in [-0.39, 0.29) is 24.5 Å². The van der Waals surface area contributed by atoms with Crippen LogP contribution in [0.25, 0.3) is 21.8 Å². The summed E-state index contributed by atoms with van der Waals surface area (Å²) in [6, 6.07) is 13.2. The number of nitrogens with one attached hydrogen (secondary N) is 5. The van der Waals surface area contributed by atoms with Gasteiger partial charge >= 0.3 is 0 Å². The first-order chi connectivity index (χ1) is 22.8. The van der Waals surface area contributed by atoms with E-state index in [1.807, 2.05) is 75.5 Å². The van der Waals surface area contributed by atoms with Crippen LogP contribution in [0.1, 0.15) is 38.8 Å². The molecular formula is C35H46N6O7. The molecule has 3 amide bonds. The van der Waals surface area contributed by atoms with Crippen LogP contribution in [-0.2, 0) is 36.8 Å². The summed E-state index contributed by atoms with van der Waals surface area (Å²) in [5, 5.41) is 34.7. The number of oxime groups is 1. The lowest BCUT2D eigenvalue weighted by molar-refractivity contribution is -0.133. The van der Waals surface area contributed by atoms with Crippen molar-refractivity contribution in [3.63, 3.8) is 0 Å². The van der Waals surface area contributed by atoms with E-state index in [4.69, 9.17) is 9.57 Å². The number of aromatic amines is 2. The molecule has 0 fully saturated rings. The maximum absolute atomic E-state index is 13.9. The van der Waals surface area contributed by atoms with Crippen LogP contribution in [0.15, 0.2) is 66.1 Å². The molecule has 48 heavy (non-hydrogen) atoms. The van der Waals surface area contributed by atoms with E-state index >= 15 is 0 Å². The number of hydrogen-bond donors (Lipinski definition) is 7. The number of methoxy groups -OCH3 is 1. The Morgan fingerprint density at radius 2 is 1.38 bits per heavy atom. The monoisotopic (exact) mass is 662 g/mol. The van der Waals surface area contributed by atoms with Crippen LogP contribution in [-0.4, -0.2) is 94.8 Å². The van der Waals surface area contributed by atoms with Gasteiger partial charge in [0, 0.05) is 61.2 Å². The molecule has 0 radical (unpaired) electrons. The van der Waals surface area contributed by atoms with Gasteiger partial charge in [-0.1, -0.05) is 62.3 Å². The van der Waals surface area contributed by atoms with Crippen molar-refractivity contribution < 1.29 is 34.2 Å². The average Bonchev–Trinajstić information content (AvgIpc) is 3.66. The normalized spacial score (nSPS) is 15.4. The largest absolute Gasteiger partial charge is 0.390 e. The Bertz CT molecular complexity index is 1740. The molecule has 13 nitrogen and oxygen atoms in total. The number of ether oxygens (including phenoxy) is 1. The van der Waals surface area contributed by atoms with Crippen molar-refractivity contribution in [2.45, 2.75) is 70.9 Å². The van der Waals surface area contributed by atoms with Crippen molar-refractivity contribution in [2.24, 2.45) is 10.6 Å².